The van der Waals surface area contributed by atoms with E-state index in [0.29, 0.717) is 0 Å². The molecule has 20 heavy (non-hydrogen) atoms. The van der Waals surface area contributed by atoms with Gasteiger partial charge in [0.2, 0.25) is 0 Å². The number of nitrogens with one attached hydrogen (secondary N) is 1. The molecule has 1 aromatic carbocycles. The van der Waals surface area contributed by atoms with Crippen LogP contribution in [-0.4, -0.2) is 26.5 Å². The minimum Gasteiger partial charge on any atom is -0.480 e. The topological polar surface area (TPSA) is 116 Å². The molecule has 0 bridgehead atoms. The second-order valence-electron chi connectivity index (χ2n) is 3.64. The first-order valence-electron chi connectivity index (χ1n) is 5.12. The summed E-state index contributed by atoms with van der Waals surface area (Å²) in [5.74, 6) is -0.514. The Morgan fingerprint density at radius 1 is 1.45 bits per heavy atom. The van der Waals surface area contributed by atoms with Crippen LogP contribution in [0.1, 0.15) is 6.92 Å². The fraction of sp³-hybridized carbons (Fsp3) is 0.200. The summed E-state index contributed by atoms with van der Waals surface area (Å²) in [6.07, 6.45) is -1.00. The van der Waals surface area contributed by atoms with Gasteiger partial charge in [-0.3, -0.25) is 10.1 Å². The number of nitrogens with two attached hydrogens (primary N) is 1. The Balaban J connectivity index is 2.89. The van der Waals surface area contributed by atoms with E-state index in [1.54, 1.807) is 0 Å². The van der Waals surface area contributed by atoms with E-state index >= 15 is 0 Å². The zero-order chi connectivity index (χ0) is 15.5. The van der Waals surface area contributed by atoms with E-state index in [9.17, 15) is 18.0 Å². The van der Waals surface area contributed by atoms with Crippen molar-refractivity contribution in [2.24, 2.45) is 5.73 Å². The van der Waals surface area contributed by atoms with Gasteiger partial charge in [0.05, 0.1) is 9.37 Å². The van der Waals surface area contributed by atoms with Crippen LogP contribution in [-0.2, 0) is 13.8 Å². The number of rotatable bonds is 4. The number of ether oxygens (including phenoxy) is 1. The second kappa shape index (κ2) is 6.42. The van der Waals surface area contributed by atoms with Crippen molar-refractivity contribution >= 4 is 47.6 Å². The van der Waals surface area contributed by atoms with Gasteiger partial charge in [0.15, 0.2) is 6.10 Å². The van der Waals surface area contributed by atoms with Gasteiger partial charge in [-0.25, -0.2) is 13.2 Å². The van der Waals surface area contributed by atoms with Crippen LogP contribution in [0, 0.1) is 0 Å². The maximum Gasteiger partial charge on any atom is 0.318 e. The summed E-state index contributed by atoms with van der Waals surface area (Å²) < 4.78 is 27.8. The highest BCUT2D eigenvalue weighted by Gasteiger charge is 2.18. The normalized spacial score (nSPS) is 12.6. The smallest absolute Gasteiger partial charge is 0.318 e. The predicted octanol–water partition coefficient (Wildman–Crippen LogP) is 1.34. The third kappa shape index (κ3) is 4.66. The van der Waals surface area contributed by atoms with Crippen LogP contribution in [0.25, 0.3) is 0 Å². The minimum absolute atomic E-state index is 0.118. The Kier molecular flexibility index (Phi) is 5.37. The highest BCUT2D eigenvalue weighted by Crippen LogP contribution is 2.29. The van der Waals surface area contributed by atoms with Crippen molar-refractivity contribution in [1.82, 2.24) is 5.32 Å². The molecule has 0 radical (unpaired) electrons. The molecule has 0 spiro atoms. The number of amides is 3. The first kappa shape index (κ1) is 16.7. The summed E-state index contributed by atoms with van der Waals surface area (Å²) in [6, 6.07) is 2.79. The van der Waals surface area contributed by atoms with Gasteiger partial charge < -0.3 is 10.5 Å². The van der Waals surface area contributed by atoms with Gasteiger partial charge in [0.25, 0.3) is 15.0 Å². The van der Waals surface area contributed by atoms with E-state index < -0.39 is 27.1 Å². The SMILES string of the molecule is CC(Oc1ccc(S(=O)(=O)Cl)cc1Br)C(=O)NC(N)=O. The summed E-state index contributed by atoms with van der Waals surface area (Å²) >= 11 is 3.10. The van der Waals surface area contributed by atoms with Gasteiger partial charge in [-0.1, -0.05) is 0 Å². The Labute approximate surface area is 128 Å². The molecule has 1 aromatic rings. The third-order valence-electron chi connectivity index (χ3n) is 2.10. The van der Waals surface area contributed by atoms with Crippen LogP contribution in [0.3, 0.4) is 0 Å². The maximum atomic E-state index is 11.4. The van der Waals surface area contributed by atoms with E-state index in [0.717, 1.165) is 0 Å². The van der Waals surface area contributed by atoms with Gasteiger partial charge in [-0.05, 0) is 41.1 Å². The largest absolute Gasteiger partial charge is 0.480 e. The highest BCUT2D eigenvalue weighted by atomic mass is 79.9. The molecule has 110 valence electrons. The summed E-state index contributed by atoms with van der Waals surface area (Å²) in [7, 11) is 1.33. The zero-order valence-corrected chi connectivity index (χ0v) is 13.3. The number of hydrogen-bond donors (Lipinski definition) is 2. The molecular formula is C10H10BrClN2O5S. The Morgan fingerprint density at radius 3 is 2.50 bits per heavy atom. The molecule has 1 atom stereocenters. The zero-order valence-electron chi connectivity index (χ0n) is 10.1. The maximum absolute atomic E-state index is 11.4. The van der Waals surface area contributed by atoms with Crippen LogP contribution in [0.2, 0.25) is 0 Å². The van der Waals surface area contributed by atoms with E-state index in [2.05, 4.69) is 15.9 Å². The van der Waals surface area contributed by atoms with Crippen molar-refractivity contribution in [3.05, 3.63) is 22.7 Å². The first-order chi connectivity index (χ1) is 9.11. The monoisotopic (exact) mass is 384 g/mol. The number of carbonyl (C=O) groups excluding carboxylic acids is 2. The molecule has 1 rings (SSSR count). The van der Waals surface area contributed by atoms with Crippen molar-refractivity contribution < 1.29 is 22.7 Å². The average molecular weight is 386 g/mol. The number of imide groups is 1. The summed E-state index contributed by atoms with van der Waals surface area (Å²) in [4.78, 5) is 21.8. The van der Waals surface area contributed by atoms with Crippen LogP contribution in [0.5, 0.6) is 5.75 Å². The number of urea groups is 1. The molecule has 0 aliphatic carbocycles. The lowest BCUT2D eigenvalue weighted by atomic mass is 10.3. The van der Waals surface area contributed by atoms with Crippen LogP contribution >= 0.6 is 26.6 Å². The lowest BCUT2D eigenvalue weighted by Crippen LogP contribution is -2.42. The molecule has 0 saturated carbocycles. The number of benzene rings is 1. The van der Waals surface area contributed by atoms with E-state index in [1.165, 1.54) is 25.1 Å². The molecule has 0 aliphatic rings. The number of primary amides is 1. The lowest BCUT2D eigenvalue weighted by molar-refractivity contribution is -0.126. The van der Waals surface area contributed by atoms with Gasteiger partial charge >= 0.3 is 6.03 Å². The highest BCUT2D eigenvalue weighted by molar-refractivity contribution is 9.10. The summed E-state index contributed by atoms with van der Waals surface area (Å²) in [5, 5.41) is 1.86. The molecule has 7 nitrogen and oxygen atoms in total. The van der Waals surface area contributed by atoms with Gasteiger partial charge in [-0.15, -0.1) is 0 Å². The minimum atomic E-state index is -3.86. The molecule has 0 saturated heterocycles. The summed E-state index contributed by atoms with van der Waals surface area (Å²) in [5.41, 5.74) is 4.81. The summed E-state index contributed by atoms with van der Waals surface area (Å²) in [6.45, 7) is 1.40. The fourth-order valence-corrected chi connectivity index (χ4v) is 2.60. The van der Waals surface area contributed by atoms with Crippen LogP contribution in [0.15, 0.2) is 27.6 Å². The lowest BCUT2D eigenvalue weighted by Gasteiger charge is -2.14. The Bertz CT molecular complexity index is 649. The van der Waals surface area contributed by atoms with Crippen LogP contribution in [0.4, 0.5) is 4.79 Å². The van der Waals surface area contributed by atoms with Gasteiger partial charge in [-0.2, -0.15) is 0 Å². The molecule has 0 fully saturated rings. The molecule has 0 aromatic heterocycles. The Morgan fingerprint density at radius 2 is 2.05 bits per heavy atom. The van der Waals surface area contributed by atoms with Crippen molar-refractivity contribution in [3.63, 3.8) is 0 Å². The molecule has 10 heteroatoms. The first-order valence-corrected chi connectivity index (χ1v) is 8.22. The standard InChI is InChI=1S/C10H10BrClN2O5S/c1-5(9(15)14-10(13)16)19-8-3-2-6(4-7(8)11)20(12,17)18/h2-5H,1H3,(H3,13,14,15,16). The second-order valence-corrected chi connectivity index (χ2v) is 7.06. The molecule has 1 unspecified atom stereocenters. The fourth-order valence-electron chi connectivity index (χ4n) is 1.20. The molecule has 0 heterocycles. The van der Waals surface area contributed by atoms with Crippen molar-refractivity contribution in [1.29, 1.82) is 0 Å². The van der Waals surface area contributed by atoms with E-state index in [1.807, 2.05) is 5.32 Å². The Hall–Kier alpha value is -1.32. The van der Waals surface area contributed by atoms with Gasteiger partial charge in [0, 0.05) is 10.7 Å². The quantitative estimate of drug-likeness (QED) is 0.759. The number of halogens is 2. The molecule has 3 amide bonds. The van der Waals surface area contributed by atoms with E-state index in [-0.39, 0.29) is 15.1 Å². The average Bonchev–Trinajstić information content (AvgIpc) is 2.29. The van der Waals surface area contributed by atoms with Crippen molar-refractivity contribution in [2.45, 2.75) is 17.9 Å². The van der Waals surface area contributed by atoms with E-state index in [4.69, 9.17) is 21.2 Å². The third-order valence-corrected chi connectivity index (χ3v) is 4.08. The molecular weight excluding hydrogens is 376 g/mol. The molecule has 0 aliphatic heterocycles. The van der Waals surface area contributed by atoms with Crippen molar-refractivity contribution in [3.8, 4) is 5.75 Å². The van der Waals surface area contributed by atoms with Crippen molar-refractivity contribution in [2.75, 3.05) is 0 Å². The predicted molar refractivity (Wildman–Crippen MR) is 75.0 cm³/mol. The number of carbonyl (C=O) groups is 2. The van der Waals surface area contributed by atoms with Crippen LogP contribution < -0.4 is 15.8 Å². The number of hydrogen-bond acceptors (Lipinski definition) is 5. The van der Waals surface area contributed by atoms with Gasteiger partial charge in [0.1, 0.15) is 5.75 Å². The molecule has 3 N–H and O–H groups in total.